The molecule has 0 radical (unpaired) electrons. The Morgan fingerprint density at radius 2 is 1.78 bits per heavy atom. The molecule has 1 aliphatic carbocycles. The van der Waals surface area contributed by atoms with Gasteiger partial charge in [0, 0.05) is 18.0 Å². The van der Waals surface area contributed by atoms with Gasteiger partial charge in [0.1, 0.15) is 18.0 Å². The van der Waals surface area contributed by atoms with Crippen molar-refractivity contribution in [2.75, 3.05) is 36.8 Å². The number of rotatable bonds is 7. The number of fused-ring (bicyclic) bond motifs is 1. The third kappa shape index (κ3) is 5.06. The van der Waals surface area contributed by atoms with Crippen LogP contribution in [0, 0.1) is 0 Å². The van der Waals surface area contributed by atoms with Gasteiger partial charge in [0.05, 0.1) is 11.7 Å². The summed E-state index contributed by atoms with van der Waals surface area (Å²) in [7, 11) is 0. The third-order valence-electron chi connectivity index (χ3n) is 5.87. The number of pyridine rings is 1. The van der Waals surface area contributed by atoms with Crippen molar-refractivity contribution in [1.29, 1.82) is 0 Å². The van der Waals surface area contributed by atoms with Gasteiger partial charge < -0.3 is 15.5 Å². The number of anilines is 2. The number of likely N-dealkylation sites (tertiary alicyclic amines) is 1. The summed E-state index contributed by atoms with van der Waals surface area (Å²) in [6, 6.07) is 2.63. The fourth-order valence-corrected chi connectivity index (χ4v) is 4.31. The molecule has 4 rings (SSSR count). The van der Waals surface area contributed by atoms with E-state index < -0.39 is 0 Å². The SMILES string of the molecule is c1nc(NC2CCCCCC2)c2cc(NCCCN3CCCC3)ncc2n1. The minimum absolute atomic E-state index is 0.524. The zero-order chi connectivity index (χ0) is 18.3. The fourth-order valence-electron chi connectivity index (χ4n) is 4.31. The summed E-state index contributed by atoms with van der Waals surface area (Å²) in [6.07, 6.45) is 15.2. The van der Waals surface area contributed by atoms with E-state index in [0.717, 1.165) is 35.5 Å². The lowest BCUT2D eigenvalue weighted by Gasteiger charge is -2.18. The highest BCUT2D eigenvalue weighted by molar-refractivity contribution is 5.90. The van der Waals surface area contributed by atoms with Gasteiger partial charge in [-0.05, 0) is 57.8 Å². The highest BCUT2D eigenvalue weighted by Gasteiger charge is 2.15. The standard InChI is InChI=1S/C21H32N6/c1-2-4-9-17(8-3-1)26-21-18-14-20(23-15-19(18)24-16-25-21)22-10-7-13-27-11-5-6-12-27/h14-17H,1-13H2,(H,22,23)(H,24,25,26). The van der Waals surface area contributed by atoms with Gasteiger partial charge in [0.15, 0.2) is 0 Å². The lowest BCUT2D eigenvalue weighted by atomic mass is 10.1. The van der Waals surface area contributed by atoms with Gasteiger partial charge in [-0.2, -0.15) is 0 Å². The molecule has 0 atom stereocenters. The molecule has 2 fully saturated rings. The normalized spacial score (nSPS) is 19.3. The molecule has 146 valence electrons. The van der Waals surface area contributed by atoms with Crippen molar-refractivity contribution in [3.05, 3.63) is 18.6 Å². The summed E-state index contributed by atoms with van der Waals surface area (Å²) in [5.41, 5.74) is 0.906. The average Bonchev–Trinajstić information content (AvgIpc) is 3.09. The Morgan fingerprint density at radius 1 is 0.963 bits per heavy atom. The Hall–Kier alpha value is -1.95. The summed E-state index contributed by atoms with van der Waals surface area (Å²) in [6.45, 7) is 4.66. The van der Waals surface area contributed by atoms with Crippen molar-refractivity contribution in [2.45, 2.75) is 63.8 Å². The van der Waals surface area contributed by atoms with Crippen LogP contribution in [0.1, 0.15) is 57.8 Å². The van der Waals surface area contributed by atoms with Gasteiger partial charge in [-0.3, -0.25) is 0 Å². The molecule has 0 amide bonds. The second kappa shape index (κ2) is 9.31. The Morgan fingerprint density at radius 3 is 2.59 bits per heavy atom. The maximum atomic E-state index is 4.54. The number of hydrogen-bond donors (Lipinski definition) is 2. The number of nitrogens with one attached hydrogen (secondary N) is 2. The smallest absolute Gasteiger partial charge is 0.137 e. The quantitative estimate of drug-likeness (QED) is 0.567. The van der Waals surface area contributed by atoms with Crippen LogP contribution in [0.4, 0.5) is 11.6 Å². The predicted octanol–water partition coefficient (Wildman–Crippen LogP) is 4.06. The van der Waals surface area contributed by atoms with E-state index in [-0.39, 0.29) is 0 Å². The molecule has 0 aromatic carbocycles. The first-order valence-corrected chi connectivity index (χ1v) is 10.7. The lowest BCUT2D eigenvalue weighted by Crippen LogP contribution is -2.22. The molecular weight excluding hydrogens is 336 g/mol. The monoisotopic (exact) mass is 368 g/mol. The maximum absolute atomic E-state index is 4.54. The van der Waals surface area contributed by atoms with Crippen LogP contribution < -0.4 is 10.6 Å². The molecule has 2 N–H and O–H groups in total. The molecule has 0 unspecified atom stereocenters. The van der Waals surface area contributed by atoms with Gasteiger partial charge in [0.2, 0.25) is 0 Å². The highest BCUT2D eigenvalue weighted by atomic mass is 15.1. The summed E-state index contributed by atoms with van der Waals surface area (Å²) in [5.74, 6) is 1.87. The lowest BCUT2D eigenvalue weighted by molar-refractivity contribution is 0.337. The van der Waals surface area contributed by atoms with Crippen LogP contribution in [0.5, 0.6) is 0 Å². The molecular formula is C21H32N6. The van der Waals surface area contributed by atoms with E-state index >= 15 is 0 Å². The van der Waals surface area contributed by atoms with Gasteiger partial charge >= 0.3 is 0 Å². The first-order valence-electron chi connectivity index (χ1n) is 10.7. The van der Waals surface area contributed by atoms with E-state index in [9.17, 15) is 0 Å². The first-order chi connectivity index (χ1) is 13.4. The highest BCUT2D eigenvalue weighted by Crippen LogP contribution is 2.25. The molecule has 1 saturated heterocycles. The summed E-state index contributed by atoms with van der Waals surface area (Å²) >= 11 is 0. The van der Waals surface area contributed by atoms with E-state index in [4.69, 9.17) is 0 Å². The second-order valence-corrected chi connectivity index (χ2v) is 7.97. The molecule has 2 aliphatic rings. The average molecular weight is 369 g/mol. The second-order valence-electron chi connectivity index (χ2n) is 7.97. The Labute approximate surface area is 162 Å². The van der Waals surface area contributed by atoms with Crippen LogP contribution in [0.2, 0.25) is 0 Å². The van der Waals surface area contributed by atoms with Crippen molar-refractivity contribution < 1.29 is 0 Å². The van der Waals surface area contributed by atoms with E-state index in [1.54, 1.807) is 6.33 Å². The van der Waals surface area contributed by atoms with Gasteiger partial charge in [-0.15, -0.1) is 0 Å². The van der Waals surface area contributed by atoms with Crippen LogP contribution in [0.3, 0.4) is 0 Å². The Balaban J connectivity index is 1.39. The van der Waals surface area contributed by atoms with Crippen LogP contribution in [-0.4, -0.2) is 52.1 Å². The van der Waals surface area contributed by atoms with E-state index in [1.165, 1.54) is 71.0 Å². The van der Waals surface area contributed by atoms with Crippen molar-refractivity contribution in [1.82, 2.24) is 19.9 Å². The minimum atomic E-state index is 0.524. The van der Waals surface area contributed by atoms with Crippen molar-refractivity contribution >= 4 is 22.5 Å². The Kier molecular flexibility index (Phi) is 6.35. The molecule has 2 aromatic heterocycles. The van der Waals surface area contributed by atoms with E-state index in [0.29, 0.717) is 6.04 Å². The van der Waals surface area contributed by atoms with Crippen LogP contribution in [0.25, 0.3) is 10.9 Å². The van der Waals surface area contributed by atoms with E-state index in [1.807, 2.05) is 6.20 Å². The van der Waals surface area contributed by atoms with Crippen molar-refractivity contribution in [2.24, 2.45) is 0 Å². The molecule has 1 saturated carbocycles. The molecule has 1 aliphatic heterocycles. The summed E-state index contributed by atoms with van der Waals surface area (Å²) < 4.78 is 0. The molecule has 6 heteroatoms. The van der Waals surface area contributed by atoms with Gasteiger partial charge in [-0.1, -0.05) is 25.7 Å². The minimum Gasteiger partial charge on any atom is -0.370 e. The zero-order valence-electron chi connectivity index (χ0n) is 16.3. The van der Waals surface area contributed by atoms with Crippen LogP contribution in [0.15, 0.2) is 18.6 Å². The van der Waals surface area contributed by atoms with Gasteiger partial charge in [-0.25, -0.2) is 15.0 Å². The van der Waals surface area contributed by atoms with Gasteiger partial charge in [0.25, 0.3) is 0 Å². The third-order valence-corrected chi connectivity index (χ3v) is 5.87. The van der Waals surface area contributed by atoms with Crippen molar-refractivity contribution in [3.8, 4) is 0 Å². The zero-order valence-corrected chi connectivity index (χ0v) is 16.3. The molecule has 2 aromatic rings. The molecule has 0 spiro atoms. The number of aromatic nitrogens is 3. The molecule has 3 heterocycles. The fraction of sp³-hybridized carbons (Fsp3) is 0.667. The van der Waals surface area contributed by atoms with Crippen LogP contribution in [-0.2, 0) is 0 Å². The largest absolute Gasteiger partial charge is 0.370 e. The molecule has 27 heavy (non-hydrogen) atoms. The van der Waals surface area contributed by atoms with E-state index in [2.05, 4.69) is 36.6 Å². The maximum Gasteiger partial charge on any atom is 0.137 e. The number of nitrogens with zero attached hydrogens (tertiary/aromatic N) is 4. The molecule has 0 bridgehead atoms. The first kappa shape index (κ1) is 18.4. The topological polar surface area (TPSA) is 66.0 Å². The van der Waals surface area contributed by atoms with Crippen molar-refractivity contribution in [3.63, 3.8) is 0 Å². The van der Waals surface area contributed by atoms with Crippen LogP contribution >= 0.6 is 0 Å². The summed E-state index contributed by atoms with van der Waals surface area (Å²) in [4.78, 5) is 16.0. The molecule has 6 nitrogen and oxygen atoms in total. The Bertz CT molecular complexity index is 720. The predicted molar refractivity (Wildman–Crippen MR) is 111 cm³/mol. The number of hydrogen-bond acceptors (Lipinski definition) is 6. The summed E-state index contributed by atoms with van der Waals surface area (Å²) in [5, 5.41) is 8.23.